The minimum Gasteiger partial charge on any atom is -0.338 e. The second kappa shape index (κ2) is 5.03. The minimum atomic E-state index is -4.60. The lowest BCUT2D eigenvalue weighted by Crippen LogP contribution is -2.47. The Bertz CT molecular complexity index is 630. The van der Waals surface area contributed by atoms with E-state index in [-0.39, 0.29) is 22.9 Å². The molecule has 0 unspecified atom stereocenters. The monoisotopic (exact) mass is 342 g/mol. The number of rotatable bonds is 3. The quantitative estimate of drug-likeness (QED) is 0.671. The number of halogens is 5. The summed E-state index contributed by atoms with van der Waals surface area (Å²) < 4.78 is 38.3. The summed E-state index contributed by atoms with van der Waals surface area (Å²) in [6.07, 6.45) is -5.09. The van der Waals surface area contributed by atoms with Gasteiger partial charge in [0.05, 0.1) is 20.5 Å². The molecule has 1 aromatic rings. The van der Waals surface area contributed by atoms with Gasteiger partial charge in [0, 0.05) is 12.1 Å². The minimum absolute atomic E-state index is 0.248. The molecule has 0 bridgehead atoms. The van der Waals surface area contributed by atoms with Crippen LogP contribution >= 0.6 is 23.2 Å². The topological polar surface area (TPSA) is 72.2 Å². The molecule has 114 valence electrons. The van der Waals surface area contributed by atoms with Crippen LogP contribution in [-0.2, 0) is 0 Å². The van der Waals surface area contributed by atoms with Gasteiger partial charge in [0.1, 0.15) is 5.54 Å². The smallest absolute Gasteiger partial charge is 0.338 e. The van der Waals surface area contributed by atoms with Crippen molar-refractivity contribution in [1.29, 1.82) is 0 Å². The number of carbonyl (C=O) groups is 1. The van der Waals surface area contributed by atoms with Gasteiger partial charge in [-0.2, -0.15) is 13.2 Å². The summed E-state index contributed by atoms with van der Waals surface area (Å²) in [5, 5.41) is 11.9. The Morgan fingerprint density at radius 1 is 1.33 bits per heavy atom. The van der Waals surface area contributed by atoms with Gasteiger partial charge in [-0.3, -0.25) is 14.9 Å². The van der Waals surface area contributed by atoms with E-state index in [1.165, 1.54) is 0 Å². The number of amides is 1. The van der Waals surface area contributed by atoms with Crippen LogP contribution in [0.25, 0.3) is 0 Å². The van der Waals surface area contributed by atoms with Crippen molar-refractivity contribution in [3.8, 4) is 0 Å². The molecule has 0 radical (unpaired) electrons. The van der Waals surface area contributed by atoms with E-state index >= 15 is 0 Å². The number of nitrogens with one attached hydrogen (secondary N) is 1. The highest BCUT2D eigenvalue weighted by Crippen LogP contribution is 2.49. The Morgan fingerprint density at radius 2 is 1.90 bits per heavy atom. The normalized spacial score (nSPS) is 16.4. The maximum atomic E-state index is 12.8. The van der Waals surface area contributed by atoms with Crippen LogP contribution in [0.4, 0.5) is 18.9 Å². The van der Waals surface area contributed by atoms with E-state index in [2.05, 4.69) is 0 Å². The largest absolute Gasteiger partial charge is 0.411 e. The second-order valence-electron chi connectivity index (χ2n) is 4.58. The van der Waals surface area contributed by atoms with Gasteiger partial charge >= 0.3 is 6.18 Å². The summed E-state index contributed by atoms with van der Waals surface area (Å²) in [4.78, 5) is 21.8. The molecule has 1 fully saturated rings. The highest BCUT2D eigenvalue weighted by Gasteiger charge is 2.64. The number of non-ortho nitro benzene ring substituents is 1. The number of hydrogen-bond donors (Lipinski definition) is 1. The second-order valence-corrected chi connectivity index (χ2v) is 5.37. The van der Waals surface area contributed by atoms with Crippen LogP contribution in [0.2, 0.25) is 10.0 Å². The molecule has 5 nitrogen and oxygen atoms in total. The van der Waals surface area contributed by atoms with Gasteiger partial charge in [-0.1, -0.05) is 23.2 Å². The zero-order chi connectivity index (χ0) is 16.0. The molecule has 21 heavy (non-hydrogen) atoms. The van der Waals surface area contributed by atoms with Crippen molar-refractivity contribution in [3.63, 3.8) is 0 Å². The van der Waals surface area contributed by atoms with Crippen LogP contribution in [0.3, 0.4) is 0 Å². The third-order valence-electron chi connectivity index (χ3n) is 3.11. The first kappa shape index (κ1) is 15.8. The Labute approximate surface area is 126 Å². The van der Waals surface area contributed by atoms with Gasteiger partial charge in [0.2, 0.25) is 0 Å². The van der Waals surface area contributed by atoms with Crippen molar-refractivity contribution in [3.05, 3.63) is 37.9 Å². The summed E-state index contributed by atoms with van der Waals surface area (Å²) in [5.41, 5.74) is -3.29. The van der Waals surface area contributed by atoms with Crippen molar-refractivity contribution >= 4 is 34.8 Å². The molecule has 0 heterocycles. The van der Waals surface area contributed by atoms with Crippen molar-refractivity contribution in [2.45, 2.75) is 24.6 Å². The lowest BCUT2D eigenvalue weighted by molar-refractivity contribution is -0.384. The van der Waals surface area contributed by atoms with Gasteiger partial charge in [0.15, 0.2) is 0 Å². The van der Waals surface area contributed by atoms with Crippen LogP contribution in [0, 0.1) is 10.1 Å². The molecule has 0 aliphatic heterocycles. The zero-order valence-electron chi connectivity index (χ0n) is 10.1. The van der Waals surface area contributed by atoms with Gasteiger partial charge < -0.3 is 5.32 Å². The molecule has 10 heteroatoms. The molecule has 1 N–H and O–H groups in total. The van der Waals surface area contributed by atoms with Crippen LogP contribution in [0.5, 0.6) is 0 Å². The average molecular weight is 343 g/mol. The molecule has 0 saturated heterocycles. The molecule has 1 aromatic carbocycles. The van der Waals surface area contributed by atoms with Crippen LogP contribution in [0.15, 0.2) is 12.1 Å². The molecule has 0 spiro atoms. The predicted molar refractivity (Wildman–Crippen MR) is 68.6 cm³/mol. The molecular weight excluding hydrogens is 336 g/mol. The maximum absolute atomic E-state index is 12.8. The summed E-state index contributed by atoms with van der Waals surface area (Å²) in [6.45, 7) is 0. The number of hydrogen-bond acceptors (Lipinski definition) is 3. The lowest BCUT2D eigenvalue weighted by Gasteiger charge is -2.21. The average Bonchev–Trinajstić information content (AvgIpc) is 3.12. The molecular formula is C11H7Cl2F3N2O3. The number of carbonyl (C=O) groups excluding carboxylic acids is 1. The van der Waals surface area contributed by atoms with Crippen LogP contribution < -0.4 is 5.32 Å². The maximum Gasteiger partial charge on any atom is 0.411 e. The van der Waals surface area contributed by atoms with Gasteiger partial charge in [-0.15, -0.1) is 0 Å². The van der Waals surface area contributed by atoms with Gasteiger partial charge in [-0.25, -0.2) is 0 Å². The molecule has 0 aromatic heterocycles. The standard InChI is InChI=1S/C11H7Cl2F3N2O3/c12-7-4-5(18(20)21)3-6(8(7)13)9(19)17-10(1-2-10)11(14,15)16/h3-4H,1-2H2,(H,17,19). The first-order valence-corrected chi connectivity index (χ1v) is 6.36. The van der Waals surface area contributed by atoms with Gasteiger partial charge in [0.25, 0.3) is 11.6 Å². The number of nitrogens with zero attached hydrogens (tertiary/aromatic N) is 1. The Kier molecular flexibility index (Phi) is 3.79. The zero-order valence-corrected chi connectivity index (χ0v) is 11.6. The SMILES string of the molecule is O=C(NC1(C(F)(F)F)CC1)c1cc([N+](=O)[O-])cc(Cl)c1Cl. The molecule has 1 saturated carbocycles. The number of alkyl halides is 3. The summed E-state index contributed by atoms with van der Waals surface area (Å²) >= 11 is 11.4. The summed E-state index contributed by atoms with van der Waals surface area (Å²) in [6, 6.07) is 1.70. The number of nitro groups is 1. The first-order valence-electron chi connectivity index (χ1n) is 5.60. The lowest BCUT2D eigenvalue weighted by atomic mass is 10.1. The fraction of sp³-hybridized carbons (Fsp3) is 0.364. The Hall–Kier alpha value is -1.54. The van der Waals surface area contributed by atoms with Crippen molar-refractivity contribution in [2.75, 3.05) is 0 Å². The van der Waals surface area contributed by atoms with Crippen molar-refractivity contribution in [1.82, 2.24) is 5.32 Å². The van der Waals surface area contributed by atoms with Gasteiger partial charge in [-0.05, 0) is 12.8 Å². The van der Waals surface area contributed by atoms with E-state index in [9.17, 15) is 28.1 Å². The number of nitro benzene ring substituents is 1. The fourth-order valence-corrected chi connectivity index (χ4v) is 2.14. The first-order chi connectivity index (χ1) is 9.57. The van der Waals surface area contributed by atoms with E-state index in [1.807, 2.05) is 5.32 Å². The molecule has 1 amide bonds. The summed E-state index contributed by atoms with van der Waals surface area (Å²) in [5.74, 6) is -1.15. The third kappa shape index (κ3) is 2.91. The predicted octanol–water partition coefficient (Wildman–Crippen LogP) is 3.73. The molecule has 0 atom stereocenters. The van der Waals surface area contributed by atoms with E-state index in [1.54, 1.807) is 0 Å². The molecule has 1 aliphatic carbocycles. The Balaban J connectivity index is 2.34. The van der Waals surface area contributed by atoms with Crippen molar-refractivity contribution in [2.24, 2.45) is 0 Å². The van der Waals surface area contributed by atoms with Crippen LogP contribution in [0.1, 0.15) is 23.2 Å². The number of benzene rings is 1. The van der Waals surface area contributed by atoms with Crippen LogP contribution in [-0.4, -0.2) is 22.5 Å². The Morgan fingerprint density at radius 3 is 2.33 bits per heavy atom. The van der Waals surface area contributed by atoms with E-state index in [0.29, 0.717) is 0 Å². The van der Waals surface area contributed by atoms with E-state index in [0.717, 1.165) is 12.1 Å². The molecule has 2 rings (SSSR count). The fourth-order valence-electron chi connectivity index (χ4n) is 1.73. The third-order valence-corrected chi connectivity index (χ3v) is 3.92. The highest BCUT2D eigenvalue weighted by molar-refractivity contribution is 6.44. The van der Waals surface area contributed by atoms with Crippen molar-refractivity contribution < 1.29 is 22.9 Å². The summed E-state index contributed by atoms with van der Waals surface area (Å²) in [7, 11) is 0. The highest BCUT2D eigenvalue weighted by atomic mass is 35.5. The molecule has 1 aliphatic rings. The van der Waals surface area contributed by atoms with E-state index in [4.69, 9.17) is 23.2 Å². The van der Waals surface area contributed by atoms with E-state index < -0.39 is 33.8 Å².